The number of rotatable bonds is 4. The molecule has 4 heteroatoms. The quantitative estimate of drug-likeness (QED) is 0.865. The molecule has 0 bridgehead atoms. The largest absolute Gasteiger partial charge is 0.341 e. The molecule has 0 atom stereocenters. The number of aromatic amines is 1. The van der Waals surface area contributed by atoms with Crippen LogP contribution in [0.5, 0.6) is 0 Å². The normalized spacial score (nSPS) is 15.0. The summed E-state index contributed by atoms with van der Waals surface area (Å²) in [4.78, 5) is 12.2. The smallest absolute Gasteiger partial charge is 0.137 e. The SMILES string of the molecule is Cc1cc(-c2ncc(CNC3CC3)[nH]2)cc(C)n1. The summed E-state index contributed by atoms with van der Waals surface area (Å²) in [5, 5.41) is 3.48. The van der Waals surface area contributed by atoms with Crippen LogP contribution in [0.1, 0.15) is 29.9 Å². The van der Waals surface area contributed by atoms with E-state index in [0.29, 0.717) is 0 Å². The molecule has 1 saturated carbocycles. The van der Waals surface area contributed by atoms with Gasteiger partial charge >= 0.3 is 0 Å². The Morgan fingerprint density at radius 3 is 2.67 bits per heavy atom. The van der Waals surface area contributed by atoms with Gasteiger partial charge in [0.05, 0.1) is 0 Å². The lowest BCUT2D eigenvalue weighted by Gasteiger charge is -2.02. The number of imidazole rings is 1. The first kappa shape index (κ1) is 11.4. The maximum Gasteiger partial charge on any atom is 0.137 e. The molecule has 1 aliphatic rings. The molecule has 1 aliphatic carbocycles. The highest BCUT2D eigenvalue weighted by Crippen LogP contribution is 2.20. The van der Waals surface area contributed by atoms with Gasteiger partial charge in [-0.2, -0.15) is 0 Å². The monoisotopic (exact) mass is 242 g/mol. The fraction of sp³-hybridized carbons (Fsp3) is 0.429. The van der Waals surface area contributed by atoms with Crippen LogP contribution >= 0.6 is 0 Å². The zero-order chi connectivity index (χ0) is 12.5. The van der Waals surface area contributed by atoms with E-state index >= 15 is 0 Å². The van der Waals surface area contributed by atoms with Crippen molar-refractivity contribution in [2.24, 2.45) is 0 Å². The molecule has 0 amide bonds. The van der Waals surface area contributed by atoms with Crippen LogP contribution in [0.3, 0.4) is 0 Å². The third-order valence-corrected chi connectivity index (χ3v) is 3.14. The van der Waals surface area contributed by atoms with Crippen LogP contribution in [-0.4, -0.2) is 21.0 Å². The van der Waals surface area contributed by atoms with Crippen LogP contribution in [0.2, 0.25) is 0 Å². The maximum atomic E-state index is 4.44. The van der Waals surface area contributed by atoms with Gasteiger partial charge in [-0.1, -0.05) is 0 Å². The summed E-state index contributed by atoms with van der Waals surface area (Å²) in [5.74, 6) is 0.927. The maximum absolute atomic E-state index is 4.44. The summed E-state index contributed by atoms with van der Waals surface area (Å²) in [7, 11) is 0. The van der Waals surface area contributed by atoms with Crippen molar-refractivity contribution in [2.45, 2.75) is 39.3 Å². The zero-order valence-corrected chi connectivity index (χ0v) is 10.8. The van der Waals surface area contributed by atoms with E-state index < -0.39 is 0 Å². The third-order valence-electron chi connectivity index (χ3n) is 3.14. The number of aryl methyl sites for hydroxylation is 2. The fourth-order valence-corrected chi connectivity index (χ4v) is 2.11. The minimum absolute atomic E-state index is 0.724. The van der Waals surface area contributed by atoms with Crippen molar-refractivity contribution >= 4 is 0 Å². The summed E-state index contributed by atoms with van der Waals surface area (Å²) >= 11 is 0. The molecule has 2 aromatic heterocycles. The summed E-state index contributed by atoms with van der Waals surface area (Å²) in [5.41, 5.74) is 4.31. The molecule has 0 spiro atoms. The predicted octanol–water partition coefficient (Wildman–Crippen LogP) is 2.34. The summed E-state index contributed by atoms with van der Waals surface area (Å²) in [6.45, 7) is 4.89. The molecule has 0 aliphatic heterocycles. The van der Waals surface area contributed by atoms with E-state index in [1.165, 1.54) is 12.8 Å². The van der Waals surface area contributed by atoms with Crippen LogP contribution in [0, 0.1) is 13.8 Å². The van der Waals surface area contributed by atoms with Crippen molar-refractivity contribution in [3.8, 4) is 11.4 Å². The lowest BCUT2D eigenvalue weighted by molar-refractivity contribution is 0.677. The first-order chi connectivity index (χ1) is 8.70. The highest BCUT2D eigenvalue weighted by Gasteiger charge is 2.20. The Hall–Kier alpha value is -1.68. The molecule has 0 unspecified atom stereocenters. The first-order valence-electron chi connectivity index (χ1n) is 6.43. The van der Waals surface area contributed by atoms with Crippen molar-refractivity contribution in [3.05, 3.63) is 35.4 Å². The van der Waals surface area contributed by atoms with Crippen molar-refractivity contribution in [2.75, 3.05) is 0 Å². The van der Waals surface area contributed by atoms with Crippen LogP contribution in [-0.2, 0) is 6.54 Å². The molecule has 0 radical (unpaired) electrons. The average molecular weight is 242 g/mol. The molecule has 3 rings (SSSR count). The predicted molar refractivity (Wildman–Crippen MR) is 71.2 cm³/mol. The van der Waals surface area contributed by atoms with Gasteiger partial charge in [-0.25, -0.2) is 4.98 Å². The number of aromatic nitrogens is 3. The Balaban J connectivity index is 1.78. The Morgan fingerprint density at radius 1 is 1.28 bits per heavy atom. The van der Waals surface area contributed by atoms with Gasteiger partial charge in [-0.15, -0.1) is 0 Å². The number of H-pyrrole nitrogens is 1. The second-order valence-corrected chi connectivity index (χ2v) is 5.05. The number of nitrogens with one attached hydrogen (secondary N) is 2. The molecule has 2 N–H and O–H groups in total. The molecular weight excluding hydrogens is 224 g/mol. The zero-order valence-electron chi connectivity index (χ0n) is 10.8. The Morgan fingerprint density at radius 2 is 2.00 bits per heavy atom. The number of nitrogens with zero attached hydrogens (tertiary/aromatic N) is 2. The lowest BCUT2D eigenvalue weighted by atomic mass is 10.2. The summed E-state index contributed by atoms with van der Waals surface area (Å²) < 4.78 is 0. The molecule has 94 valence electrons. The molecule has 1 fully saturated rings. The standard InChI is InChI=1S/C14H18N4/c1-9-5-11(6-10(2)17-9)14-16-8-13(18-14)7-15-12-3-4-12/h5-6,8,12,15H,3-4,7H2,1-2H3,(H,16,18). The Labute approximate surface area is 107 Å². The van der Waals surface area contributed by atoms with Crippen molar-refractivity contribution in [3.63, 3.8) is 0 Å². The van der Waals surface area contributed by atoms with Crippen LogP contribution in [0.15, 0.2) is 18.3 Å². The molecule has 2 heterocycles. The Bertz CT molecular complexity index is 534. The van der Waals surface area contributed by atoms with Crippen molar-refractivity contribution in [1.29, 1.82) is 0 Å². The van der Waals surface area contributed by atoms with Gasteiger partial charge in [0.2, 0.25) is 0 Å². The highest BCUT2D eigenvalue weighted by molar-refractivity contribution is 5.56. The Kier molecular flexibility index (Phi) is 2.88. The molecular formula is C14H18N4. The van der Waals surface area contributed by atoms with E-state index in [2.05, 4.69) is 32.4 Å². The second kappa shape index (κ2) is 4.53. The van der Waals surface area contributed by atoms with Gasteiger partial charge < -0.3 is 10.3 Å². The topological polar surface area (TPSA) is 53.6 Å². The summed E-state index contributed by atoms with van der Waals surface area (Å²) in [6, 6.07) is 4.84. The van der Waals surface area contributed by atoms with Gasteiger partial charge in [0.15, 0.2) is 0 Å². The number of hydrogen-bond acceptors (Lipinski definition) is 3. The first-order valence-corrected chi connectivity index (χ1v) is 6.43. The fourth-order valence-electron chi connectivity index (χ4n) is 2.11. The van der Waals surface area contributed by atoms with E-state index in [1.54, 1.807) is 0 Å². The van der Waals surface area contributed by atoms with E-state index in [1.807, 2.05) is 20.0 Å². The van der Waals surface area contributed by atoms with Gasteiger partial charge in [0.25, 0.3) is 0 Å². The van der Waals surface area contributed by atoms with Gasteiger partial charge in [-0.05, 0) is 38.8 Å². The number of hydrogen-bond donors (Lipinski definition) is 2. The third kappa shape index (κ3) is 2.59. The van der Waals surface area contributed by atoms with E-state index in [4.69, 9.17) is 0 Å². The van der Waals surface area contributed by atoms with E-state index in [-0.39, 0.29) is 0 Å². The highest BCUT2D eigenvalue weighted by atomic mass is 15.0. The van der Waals surface area contributed by atoms with Gasteiger partial charge in [-0.3, -0.25) is 4.98 Å². The molecule has 0 saturated heterocycles. The molecule has 18 heavy (non-hydrogen) atoms. The van der Waals surface area contributed by atoms with E-state index in [0.717, 1.165) is 41.1 Å². The van der Waals surface area contributed by atoms with Crippen LogP contribution in [0.4, 0.5) is 0 Å². The van der Waals surface area contributed by atoms with E-state index in [9.17, 15) is 0 Å². The summed E-state index contributed by atoms with van der Waals surface area (Å²) in [6.07, 6.45) is 4.53. The second-order valence-electron chi connectivity index (χ2n) is 5.05. The molecule has 0 aromatic carbocycles. The van der Waals surface area contributed by atoms with Crippen molar-refractivity contribution in [1.82, 2.24) is 20.3 Å². The minimum Gasteiger partial charge on any atom is -0.341 e. The molecule has 4 nitrogen and oxygen atoms in total. The van der Waals surface area contributed by atoms with Gasteiger partial charge in [0.1, 0.15) is 5.82 Å². The van der Waals surface area contributed by atoms with Gasteiger partial charge in [0, 0.05) is 41.4 Å². The molecule has 2 aromatic rings. The van der Waals surface area contributed by atoms with Crippen LogP contribution in [0.25, 0.3) is 11.4 Å². The lowest BCUT2D eigenvalue weighted by Crippen LogP contribution is -2.15. The number of pyridine rings is 1. The van der Waals surface area contributed by atoms with Crippen LogP contribution < -0.4 is 5.32 Å². The van der Waals surface area contributed by atoms with Crippen molar-refractivity contribution < 1.29 is 0 Å². The minimum atomic E-state index is 0.724. The average Bonchev–Trinajstić information content (AvgIpc) is 3.02.